The fourth-order valence-electron chi connectivity index (χ4n) is 1.98. The Balaban J connectivity index is 2.08. The molecule has 0 fully saturated rings. The minimum atomic E-state index is 0.936. The first kappa shape index (κ1) is 8.54. The third kappa shape index (κ3) is 1.32. The van der Waals surface area contributed by atoms with Gasteiger partial charge < -0.3 is 4.42 Å². The van der Waals surface area contributed by atoms with Crippen LogP contribution in [0.5, 0.6) is 0 Å². The van der Waals surface area contributed by atoms with Crippen molar-refractivity contribution in [2.24, 2.45) is 0 Å². The van der Waals surface area contributed by atoms with Gasteiger partial charge in [-0.2, -0.15) is 0 Å². The lowest BCUT2D eigenvalue weighted by Crippen LogP contribution is -1.83. The average Bonchev–Trinajstić information content (AvgIpc) is 2.86. The van der Waals surface area contributed by atoms with Gasteiger partial charge in [0.15, 0.2) is 0 Å². The Morgan fingerprint density at radius 2 is 2.00 bits per heavy atom. The number of aryl methyl sites for hydroxylation is 1. The largest absolute Gasteiger partial charge is 0.465 e. The van der Waals surface area contributed by atoms with Gasteiger partial charge in [-0.15, -0.1) is 0 Å². The average molecular weight is 195 g/mol. The summed E-state index contributed by atoms with van der Waals surface area (Å²) in [6.07, 6.45) is 6.06. The summed E-state index contributed by atoms with van der Waals surface area (Å²) in [5.74, 6) is 0.936. The lowest BCUT2D eigenvalue weighted by atomic mass is 10.0. The van der Waals surface area contributed by atoms with Gasteiger partial charge in [-0.3, -0.25) is 0 Å². The van der Waals surface area contributed by atoms with E-state index in [4.69, 9.17) is 4.42 Å². The number of fused-ring (bicyclic) bond motifs is 1. The first-order valence-corrected chi connectivity index (χ1v) is 5.04. The van der Waals surface area contributed by atoms with Gasteiger partial charge >= 0.3 is 0 Å². The second-order valence-electron chi connectivity index (χ2n) is 3.80. The summed E-state index contributed by atoms with van der Waals surface area (Å²) < 4.78 is 5.39. The van der Waals surface area contributed by atoms with Crippen LogP contribution in [0, 0.1) is 13.3 Å². The Hall–Kier alpha value is -1.76. The minimum Gasteiger partial charge on any atom is -0.465 e. The van der Waals surface area contributed by atoms with Crippen molar-refractivity contribution in [2.75, 3.05) is 0 Å². The van der Waals surface area contributed by atoms with E-state index in [2.05, 4.69) is 37.6 Å². The monoisotopic (exact) mass is 195 g/mol. The Labute approximate surface area is 89.0 Å². The van der Waals surface area contributed by atoms with Crippen LogP contribution in [0.15, 0.2) is 41.0 Å². The Morgan fingerprint density at radius 3 is 2.73 bits per heavy atom. The molecule has 1 heteroatoms. The number of hydrogen-bond acceptors (Lipinski definition) is 1. The third-order valence-corrected chi connectivity index (χ3v) is 2.77. The maximum absolute atomic E-state index is 5.39. The molecule has 1 heterocycles. The predicted molar refractivity (Wildman–Crippen MR) is 61.2 cm³/mol. The maximum atomic E-state index is 5.39. The van der Waals surface area contributed by atoms with Crippen LogP contribution < -0.4 is 0 Å². The van der Waals surface area contributed by atoms with Crippen molar-refractivity contribution in [1.29, 1.82) is 0 Å². The molecular weight excluding hydrogens is 184 g/mol. The van der Waals surface area contributed by atoms with Gasteiger partial charge in [0.2, 0.25) is 0 Å². The number of allylic oxidation sites excluding steroid dienone is 1. The normalized spacial score (nSPS) is 13.8. The summed E-state index contributed by atoms with van der Waals surface area (Å²) in [4.78, 5) is 0. The SMILES string of the molecule is Cc1cccc2c1C=C(c1ccco1)[CH]2. The summed E-state index contributed by atoms with van der Waals surface area (Å²) in [5.41, 5.74) is 5.06. The molecule has 2 aromatic rings. The number of benzene rings is 1. The fraction of sp³-hybridized carbons (Fsp3) is 0.0714. The van der Waals surface area contributed by atoms with Crippen molar-refractivity contribution in [3.8, 4) is 0 Å². The smallest absolute Gasteiger partial charge is 0.130 e. The summed E-state index contributed by atoms with van der Waals surface area (Å²) in [6, 6.07) is 10.3. The fourth-order valence-corrected chi connectivity index (χ4v) is 1.98. The molecule has 0 saturated heterocycles. The van der Waals surface area contributed by atoms with Gasteiger partial charge in [0.1, 0.15) is 5.76 Å². The molecule has 0 unspecified atom stereocenters. The van der Waals surface area contributed by atoms with Gasteiger partial charge in [-0.05, 0) is 41.8 Å². The van der Waals surface area contributed by atoms with E-state index in [1.807, 2.05) is 12.1 Å². The van der Waals surface area contributed by atoms with Crippen LogP contribution in [-0.4, -0.2) is 0 Å². The van der Waals surface area contributed by atoms with Crippen molar-refractivity contribution >= 4 is 11.6 Å². The maximum Gasteiger partial charge on any atom is 0.130 e. The highest BCUT2D eigenvalue weighted by molar-refractivity contribution is 5.93. The molecule has 0 saturated carbocycles. The molecule has 0 amide bonds. The van der Waals surface area contributed by atoms with Gasteiger partial charge in [0.25, 0.3) is 0 Å². The minimum absolute atomic E-state index is 0.936. The second-order valence-corrected chi connectivity index (χ2v) is 3.80. The molecule has 0 atom stereocenters. The van der Waals surface area contributed by atoms with Crippen LogP contribution in [0.3, 0.4) is 0 Å². The third-order valence-electron chi connectivity index (χ3n) is 2.77. The lowest BCUT2D eigenvalue weighted by Gasteiger charge is -2.00. The van der Waals surface area contributed by atoms with Crippen LogP contribution in [-0.2, 0) is 0 Å². The molecular formula is C14H11O. The van der Waals surface area contributed by atoms with Crippen LogP contribution >= 0.6 is 0 Å². The Bertz CT molecular complexity index is 518. The molecule has 1 radical (unpaired) electrons. The van der Waals surface area contributed by atoms with Crippen molar-refractivity contribution in [2.45, 2.75) is 6.92 Å². The summed E-state index contributed by atoms with van der Waals surface area (Å²) in [5, 5.41) is 0. The van der Waals surface area contributed by atoms with Gasteiger partial charge in [0.05, 0.1) is 6.26 Å². The molecule has 1 aliphatic carbocycles. The molecule has 1 aromatic carbocycles. The van der Waals surface area contributed by atoms with Crippen molar-refractivity contribution < 1.29 is 4.42 Å². The zero-order chi connectivity index (χ0) is 10.3. The van der Waals surface area contributed by atoms with E-state index >= 15 is 0 Å². The molecule has 0 spiro atoms. The first-order valence-electron chi connectivity index (χ1n) is 5.04. The van der Waals surface area contributed by atoms with E-state index in [-0.39, 0.29) is 0 Å². The molecule has 0 aliphatic heterocycles. The molecule has 15 heavy (non-hydrogen) atoms. The first-order chi connectivity index (χ1) is 7.34. The zero-order valence-electron chi connectivity index (χ0n) is 8.53. The molecule has 3 rings (SSSR count). The van der Waals surface area contributed by atoms with Crippen LogP contribution in [0.2, 0.25) is 0 Å². The molecule has 0 bridgehead atoms. The topological polar surface area (TPSA) is 13.1 Å². The van der Waals surface area contributed by atoms with Crippen molar-refractivity contribution in [1.82, 2.24) is 0 Å². The number of furan rings is 1. The van der Waals surface area contributed by atoms with E-state index in [0.29, 0.717) is 0 Å². The van der Waals surface area contributed by atoms with Crippen molar-refractivity contribution in [3.05, 3.63) is 65.5 Å². The second kappa shape index (κ2) is 3.13. The zero-order valence-corrected chi connectivity index (χ0v) is 8.53. The Morgan fingerprint density at radius 1 is 1.07 bits per heavy atom. The molecule has 0 N–H and O–H groups in total. The van der Waals surface area contributed by atoms with Gasteiger partial charge in [-0.25, -0.2) is 0 Å². The van der Waals surface area contributed by atoms with E-state index < -0.39 is 0 Å². The van der Waals surface area contributed by atoms with E-state index in [9.17, 15) is 0 Å². The summed E-state index contributed by atoms with van der Waals surface area (Å²) in [7, 11) is 0. The lowest BCUT2D eigenvalue weighted by molar-refractivity contribution is 0.554. The van der Waals surface area contributed by atoms with Crippen LogP contribution in [0.4, 0.5) is 0 Å². The highest BCUT2D eigenvalue weighted by atomic mass is 16.3. The molecule has 1 aromatic heterocycles. The predicted octanol–water partition coefficient (Wildman–Crippen LogP) is 3.69. The van der Waals surface area contributed by atoms with E-state index in [1.54, 1.807) is 6.26 Å². The van der Waals surface area contributed by atoms with Crippen LogP contribution in [0.1, 0.15) is 22.5 Å². The standard InChI is InChI=1S/C14H11O/c1-10-4-2-5-11-8-12(9-13(10)11)14-6-3-7-15-14/h2-9H,1H3. The van der Waals surface area contributed by atoms with Gasteiger partial charge in [-0.1, -0.05) is 18.2 Å². The van der Waals surface area contributed by atoms with Crippen molar-refractivity contribution in [3.63, 3.8) is 0 Å². The van der Waals surface area contributed by atoms with E-state index in [0.717, 1.165) is 11.3 Å². The molecule has 1 nitrogen and oxygen atoms in total. The molecule has 73 valence electrons. The summed E-state index contributed by atoms with van der Waals surface area (Å²) >= 11 is 0. The number of rotatable bonds is 1. The molecule has 1 aliphatic rings. The Kier molecular flexibility index (Phi) is 1.78. The number of hydrogen-bond donors (Lipinski definition) is 0. The van der Waals surface area contributed by atoms with Gasteiger partial charge in [0, 0.05) is 12.0 Å². The summed E-state index contributed by atoms with van der Waals surface area (Å²) in [6.45, 7) is 2.13. The van der Waals surface area contributed by atoms with Crippen LogP contribution in [0.25, 0.3) is 11.6 Å². The van der Waals surface area contributed by atoms with E-state index in [1.165, 1.54) is 16.7 Å². The highest BCUT2D eigenvalue weighted by Crippen LogP contribution is 2.34. The highest BCUT2D eigenvalue weighted by Gasteiger charge is 2.16. The quantitative estimate of drug-likeness (QED) is 0.676.